The minimum absolute atomic E-state index is 0.369. The van der Waals surface area contributed by atoms with Crippen molar-refractivity contribution in [2.75, 3.05) is 18.9 Å². The average Bonchev–Trinajstić information content (AvgIpc) is 2.62. The maximum atomic E-state index is 13.0. The van der Waals surface area contributed by atoms with Gasteiger partial charge in [0.25, 0.3) is 5.91 Å². The number of anilines is 1. The minimum atomic E-state index is -4.60. The van der Waals surface area contributed by atoms with Crippen LogP contribution in [0.15, 0.2) is 48.5 Å². The fourth-order valence-electron chi connectivity index (χ4n) is 2.40. The molecule has 1 unspecified atom stereocenters. The van der Waals surface area contributed by atoms with E-state index in [9.17, 15) is 22.8 Å². The van der Waals surface area contributed by atoms with Crippen molar-refractivity contribution in [3.63, 3.8) is 0 Å². The second-order valence-corrected chi connectivity index (χ2v) is 6.44. The van der Waals surface area contributed by atoms with E-state index in [1.165, 1.54) is 26.1 Å². The predicted molar refractivity (Wildman–Crippen MR) is 99.3 cm³/mol. The van der Waals surface area contributed by atoms with Crippen LogP contribution in [0.25, 0.3) is 0 Å². The van der Waals surface area contributed by atoms with Crippen molar-refractivity contribution < 1.29 is 27.5 Å². The number of carbonyl (C=O) groups is 2. The molecule has 150 valence electrons. The topological polar surface area (TPSA) is 58.6 Å². The van der Waals surface area contributed by atoms with E-state index in [2.05, 4.69) is 5.32 Å². The molecule has 2 aromatic rings. The molecule has 0 spiro atoms. The van der Waals surface area contributed by atoms with Crippen molar-refractivity contribution in [2.24, 2.45) is 0 Å². The summed E-state index contributed by atoms with van der Waals surface area (Å²) in [5.41, 5.74) is -1.33. The molecule has 0 aliphatic heterocycles. The van der Waals surface area contributed by atoms with Crippen molar-refractivity contribution in [1.82, 2.24) is 4.90 Å². The monoisotopic (exact) mass is 414 g/mol. The summed E-state index contributed by atoms with van der Waals surface area (Å²) in [6, 6.07) is 11.0. The van der Waals surface area contributed by atoms with Crippen LogP contribution < -0.4 is 10.1 Å². The summed E-state index contributed by atoms with van der Waals surface area (Å²) >= 11 is 5.78. The fourth-order valence-corrected chi connectivity index (χ4v) is 2.53. The molecule has 1 atom stereocenters. The van der Waals surface area contributed by atoms with E-state index < -0.39 is 36.2 Å². The van der Waals surface area contributed by atoms with Gasteiger partial charge >= 0.3 is 6.18 Å². The molecule has 0 aromatic heterocycles. The molecule has 0 aliphatic rings. The number of amides is 2. The third-order valence-corrected chi connectivity index (χ3v) is 3.99. The third-order valence-electron chi connectivity index (χ3n) is 3.74. The van der Waals surface area contributed by atoms with Crippen LogP contribution in [0.5, 0.6) is 5.75 Å². The van der Waals surface area contributed by atoms with E-state index in [0.717, 1.165) is 17.0 Å². The number of ether oxygens (including phenoxy) is 1. The summed E-state index contributed by atoms with van der Waals surface area (Å²) in [7, 11) is 1.36. The molecule has 2 rings (SSSR count). The SMILES string of the molecule is CC(Oc1ccc(Cl)cc1)C(=O)N(C)CC(=O)Nc1ccccc1C(F)(F)F. The van der Waals surface area contributed by atoms with Crippen molar-refractivity contribution in [1.29, 1.82) is 0 Å². The number of hydrogen-bond acceptors (Lipinski definition) is 3. The van der Waals surface area contributed by atoms with Gasteiger partial charge in [0.1, 0.15) is 5.75 Å². The quantitative estimate of drug-likeness (QED) is 0.769. The minimum Gasteiger partial charge on any atom is -0.481 e. The van der Waals surface area contributed by atoms with Gasteiger partial charge in [0.15, 0.2) is 6.10 Å². The Kier molecular flexibility index (Phi) is 6.90. The van der Waals surface area contributed by atoms with Gasteiger partial charge in [-0.05, 0) is 43.3 Å². The largest absolute Gasteiger partial charge is 0.481 e. The average molecular weight is 415 g/mol. The van der Waals surface area contributed by atoms with E-state index in [1.54, 1.807) is 24.3 Å². The first-order valence-electron chi connectivity index (χ1n) is 8.21. The van der Waals surface area contributed by atoms with Crippen molar-refractivity contribution in [3.05, 3.63) is 59.1 Å². The van der Waals surface area contributed by atoms with E-state index in [0.29, 0.717) is 10.8 Å². The Morgan fingerprint density at radius 3 is 2.36 bits per heavy atom. The zero-order valence-electron chi connectivity index (χ0n) is 15.1. The molecule has 0 radical (unpaired) electrons. The summed E-state index contributed by atoms with van der Waals surface area (Å²) in [5.74, 6) is -0.845. The molecular formula is C19H18ClF3N2O3. The molecule has 5 nitrogen and oxygen atoms in total. The highest BCUT2D eigenvalue weighted by molar-refractivity contribution is 6.30. The number of halogens is 4. The zero-order chi connectivity index (χ0) is 20.9. The normalized spacial score (nSPS) is 12.2. The van der Waals surface area contributed by atoms with Crippen LogP contribution in [0.4, 0.5) is 18.9 Å². The number of likely N-dealkylation sites (N-methyl/N-ethyl adjacent to an activating group) is 1. The van der Waals surface area contributed by atoms with Gasteiger partial charge in [-0.1, -0.05) is 23.7 Å². The van der Waals surface area contributed by atoms with Crippen LogP contribution in [0, 0.1) is 0 Å². The summed E-state index contributed by atoms with van der Waals surface area (Å²) in [5, 5.41) is 2.70. The van der Waals surface area contributed by atoms with Gasteiger partial charge in [0.05, 0.1) is 17.8 Å². The summed E-state index contributed by atoms with van der Waals surface area (Å²) in [6.07, 6.45) is -5.51. The van der Waals surface area contributed by atoms with E-state index in [4.69, 9.17) is 16.3 Å². The van der Waals surface area contributed by atoms with Crippen molar-refractivity contribution in [2.45, 2.75) is 19.2 Å². The fraction of sp³-hybridized carbons (Fsp3) is 0.263. The standard InChI is InChI=1S/C19H18ClF3N2O3/c1-12(28-14-9-7-13(20)8-10-14)18(27)25(2)11-17(26)24-16-6-4-3-5-15(16)19(21,22)23/h3-10,12H,11H2,1-2H3,(H,24,26). The molecule has 0 saturated carbocycles. The van der Waals surface area contributed by atoms with Gasteiger partial charge in [-0.3, -0.25) is 9.59 Å². The number of benzene rings is 2. The number of hydrogen-bond donors (Lipinski definition) is 1. The van der Waals surface area contributed by atoms with Crippen LogP contribution in [0.2, 0.25) is 5.02 Å². The number of carbonyl (C=O) groups excluding carboxylic acids is 2. The van der Waals surface area contributed by atoms with Crippen LogP contribution in [0.1, 0.15) is 12.5 Å². The molecule has 1 N–H and O–H groups in total. The Hall–Kier alpha value is -2.74. The summed E-state index contributed by atoms with van der Waals surface area (Å²) in [6.45, 7) is 1.07. The van der Waals surface area contributed by atoms with E-state index in [-0.39, 0.29) is 5.69 Å². The second kappa shape index (κ2) is 8.97. The second-order valence-electron chi connectivity index (χ2n) is 6.00. The lowest BCUT2D eigenvalue weighted by Crippen LogP contribution is -2.42. The highest BCUT2D eigenvalue weighted by atomic mass is 35.5. The molecule has 28 heavy (non-hydrogen) atoms. The van der Waals surface area contributed by atoms with Crippen molar-refractivity contribution in [3.8, 4) is 5.75 Å². The van der Waals surface area contributed by atoms with Gasteiger partial charge in [-0.15, -0.1) is 0 Å². The predicted octanol–water partition coefficient (Wildman–Crippen LogP) is 4.22. The number of para-hydroxylation sites is 1. The van der Waals surface area contributed by atoms with Crippen LogP contribution in [-0.4, -0.2) is 36.4 Å². The van der Waals surface area contributed by atoms with Gasteiger partial charge in [0.2, 0.25) is 5.91 Å². The van der Waals surface area contributed by atoms with Crippen LogP contribution >= 0.6 is 11.6 Å². The molecule has 0 aliphatic carbocycles. The maximum absolute atomic E-state index is 13.0. The Morgan fingerprint density at radius 1 is 1.14 bits per heavy atom. The first-order valence-corrected chi connectivity index (χ1v) is 8.59. The van der Waals surface area contributed by atoms with Gasteiger partial charge in [-0.25, -0.2) is 0 Å². The Morgan fingerprint density at radius 2 is 1.75 bits per heavy atom. The molecule has 0 heterocycles. The summed E-state index contributed by atoms with van der Waals surface area (Å²) < 4.78 is 44.4. The molecule has 0 saturated heterocycles. The zero-order valence-corrected chi connectivity index (χ0v) is 15.8. The van der Waals surface area contributed by atoms with E-state index >= 15 is 0 Å². The van der Waals surface area contributed by atoms with E-state index in [1.807, 2.05) is 0 Å². The first-order chi connectivity index (χ1) is 13.1. The Balaban J connectivity index is 1.96. The molecule has 2 amide bonds. The Labute approximate surface area is 165 Å². The highest BCUT2D eigenvalue weighted by Crippen LogP contribution is 2.34. The first kappa shape index (κ1) is 21.6. The van der Waals surface area contributed by atoms with Crippen LogP contribution in [-0.2, 0) is 15.8 Å². The number of alkyl halides is 3. The summed E-state index contributed by atoms with van der Waals surface area (Å²) in [4.78, 5) is 25.5. The smallest absolute Gasteiger partial charge is 0.418 e. The highest BCUT2D eigenvalue weighted by Gasteiger charge is 2.33. The number of nitrogens with one attached hydrogen (secondary N) is 1. The molecule has 9 heteroatoms. The molecule has 0 fully saturated rings. The number of nitrogens with zero attached hydrogens (tertiary/aromatic N) is 1. The van der Waals surface area contributed by atoms with Gasteiger partial charge in [0, 0.05) is 12.1 Å². The molecular weight excluding hydrogens is 397 g/mol. The van der Waals surface area contributed by atoms with Gasteiger partial charge < -0.3 is 15.0 Å². The maximum Gasteiger partial charge on any atom is 0.418 e. The third kappa shape index (κ3) is 5.88. The Bertz CT molecular complexity index is 841. The number of rotatable bonds is 6. The lowest BCUT2D eigenvalue weighted by molar-refractivity contribution is -0.139. The lowest BCUT2D eigenvalue weighted by Gasteiger charge is -2.22. The van der Waals surface area contributed by atoms with Gasteiger partial charge in [-0.2, -0.15) is 13.2 Å². The molecule has 0 bridgehead atoms. The molecule has 2 aromatic carbocycles. The lowest BCUT2D eigenvalue weighted by atomic mass is 10.1. The van der Waals surface area contributed by atoms with Crippen molar-refractivity contribution >= 4 is 29.1 Å². The van der Waals surface area contributed by atoms with Crippen LogP contribution in [0.3, 0.4) is 0 Å².